The molecule has 0 aliphatic rings. The zero-order valence-electron chi connectivity index (χ0n) is 6.31. The van der Waals surface area contributed by atoms with E-state index >= 15 is 0 Å². The Morgan fingerprint density at radius 3 is 2.30 bits per heavy atom. The monoisotopic (exact) mass is 327 g/mol. The van der Waals surface area contributed by atoms with Crippen LogP contribution in [0.15, 0.2) is 5.38 Å². The fraction of sp³-hybridized carbons (Fsp3) is 0.571. The smallest absolute Gasteiger partial charge is 0 e. The van der Waals surface area contributed by atoms with E-state index < -0.39 is 0 Å². The first-order chi connectivity index (χ1) is 4.11. The van der Waals surface area contributed by atoms with Gasteiger partial charge in [0, 0.05) is 20.4 Å². The van der Waals surface area contributed by atoms with Crippen molar-refractivity contribution in [1.82, 2.24) is 4.98 Å². The fourth-order valence-electron chi connectivity index (χ4n) is 0.538. The summed E-state index contributed by atoms with van der Waals surface area (Å²) >= 11 is 1.66. The molecular weight excluding hydrogens is 316 g/mol. The molecule has 0 saturated carbocycles. The molecule has 0 spiro atoms. The fourth-order valence-corrected chi connectivity index (χ4v) is 1.21. The van der Waals surface area contributed by atoms with Crippen LogP contribution in [0.1, 0.15) is 25.8 Å². The Morgan fingerprint density at radius 1 is 1.50 bits per heavy atom. The molecule has 1 nitrogen and oxygen atoms in total. The van der Waals surface area contributed by atoms with Gasteiger partial charge in [-0.1, -0.05) is 36.6 Å². The third-order valence-corrected chi connectivity index (χ3v) is 2.18. The molecular formula is C7H10NReS-. The molecule has 3 heteroatoms. The summed E-state index contributed by atoms with van der Waals surface area (Å²) in [6.07, 6.45) is 2.80. The minimum Gasteiger partial charge on any atom is -0.445 e. The van der Waals surface area contributed by atoms with E-state index in [1.165, 1.54) is 0 Å². The van der Waals surface area contributed by atoms with E-state index in [4.69, 9.17) is 0 Å². The number of rotatable bonds is 0. The zero-order valence-corrected chi connectivity index (χ0v) is 9.84. The molecule has 0 unspecified atom stereocenters. The van der Waals surface area contributed by atoms with Crippen molar-refractivity contribution in [3.8, 4) is 0 Å². The molecule has 0 aliphatic heterocycles. The van der Waals surface area contributed by atoms with Crippen molar-refractivity contribution >= 4 is 11.3 Å². The second-order valence-corrected chi connectivity index (χ2v) is 3.89. The van der Waals surface area contributed by atoms with Crippen LogP contribution in [-0.4, -0.2) is 4.98 Å². The van der Waals surface area contributed by atoms with E-state index in [1.807, 2.05) is 5.38 Å². The minimum absolute atomic E-state index is 0. The summed E-state index contributed by atoms with van der Waals surface area (Å²) in [4.78, 5) is 4.08. The van der Waals surface area contributed by atoms with Gasteiger partial charge in [-0.05, 0) is 0 Å². The Kier molecular flexibility index (Phi) is 3.72. The number of hydrogen-bond acceptors (Lipinski definition) is 2. The van der Waals surface area contributed by atoms with Crippen LogP contribution in [0.4, 0.5) is 0 Å². The largest absolute Gasteiger partial charge is 0.445 e. The molecule has 0 saturated heterocycles. The third-order valence-electron chi connectivity index (χ3n) is 1.03. The van der Waals surface area contributed by atoms with E-state index in [9.17, 15) is 0 Å². The van der Waals surface area contributed by atoms with E-state index in [2.05, 4.69) is 32.0 Å². The van der Waals surface area contributed by atoms with Gasteiger partial charge in [0.1, 0.15) is 0 Å². The van der Waals surface area contributed by atoms with Crippen LogP contribution >= 0.6 is 11.3 Å². The molecule has 1 radical (unpaired) electrons. The average Bonchev–Trinajstić information content (AvgIpc) is 2.08. The maximum absolute atomic E-state index is 4.08. The van der Waals surface area contributed by atoms with Crippen molar-refractivity contribution in [2.24, 2.45) is 0 Å². The molecule has 1 aromatic heterocycles. The summed E-state index contributed by atoms with van der Waals surface area (Å²) in [5.41, 5.74) is 0.199. The van der Waals surface area contributed by atoms with Crippen LogP contribution in [-0.2, 0) is 25.8 Å². The molecule has 0 N–H and O–H groups in total. The summed E-state index contributed by atoms with van der Waals surface area (Å²) < 4.78 is 0. The molecule has 0 amide bonds. The molecule has 0 fully saturated rings. The summed E-state index contributed by atoms with van der Waals surface area (Å²) in [6.45, 7) is 6.46. The van der Waals surface area contributed by atoms with Crippen LogP contribution in [0, 0.1) is 6.20 Å². The van der Waals surface area contributed by atoms with Gasteiger partial charge >= 0.3 is 0 Å². The molecule has 0 aromatic carbocycles. The summed E-state index contributed by atoms with van der Waals surface area (Å²) in [5, 5.41) is 3.04. The molecule has 0 atom stereocenters. The number of thiazole rings is 1. The normalized spacial score (nSPS) is 10.7. The van der Waals surface area contributed by atoms with Crippen LogP contribution < -0.4 is 0 Å². The van der Waals surface area contributed by atoms with Crippen LogP contribution in [0.25, 0.3) is 0 Å². The predicted molar refractivity (Wildman–Crippen MR) is 39.7 cm³/mol. The Hall–Kier alpha value is 0.292. The van der Waals surface area contributed by atoms with Gasteiger partial charge in [-0.15, -0.1) is 6.20 Å². The predicted octanol–water partition coefficient (Wildman–Crippen LogP) is 2.24. The van der Waals surface area contributed by atoms with Crippen molar-refractivity contribution in [2.75, 3.05) is 0 Å². The first kappa shape index (κ1) is 10.3. The van der Waals surface area contributed by atoms with Crippen molar-refractivity contribution in [3.05, 3.63) is 16.6 Å². The molecule has 1 heterocycles. The SMILES string of the molecule is CC(C)(C)c1n[c-]cs1.[Re]. The molecule has 10 heavy (non-hydrogen) atoms. The van der Waals surface area contributed by atoms with Crippen molar-refractivity contribution in [3.63, 3.8) is 0 Å². The quantitative estimate of drug-likeness (QED) is 0.666. The number of aromatic nitrogens is 1. The molecule has 1 rings (SSSR count). The van der Waals surface area contributed by atoms with Gasteiger partial charge in [-0.25, -0.2) is 11.3 Å². The molecule has 0 bridgehead atoms. The standard InChI is InChI=1S/C7H10NS.Re/c1-7(2,3)6-8-4-5-9-6;/h5H,1-3H3;/q-1;. The van der Waals surface area contributed by atoms with Gasteiger partial charge in [0.05, 0.1) is 0 Å². The first-order valence-electron chi connectivity index (χ1n) is 2.93. The van der Waals surface area contributed by atoms with E-state index in [0.717, 1.165) is 5.01 Å². The third kappa shape index (κ3) is 2.50. The van der Waals surface area contributed by atoms with Crippen LogP contribution in [0.5, 0.6) is 0 Å². The minimum atomic E-state index is 0. The van der Waals surface area contributed by atoms with Gasteiger partial charge in [0.25, 0.3) is 0 Å². The van der Waals surface area contributed by atoms with Gasteiger partial charge in [-0.3, -0.25) is 0 Å². The Balaban J connectivity index is 0.000000810. The summed E-state index contributed by atoms with van der Waals surface area (Å²) in [6, 6.07) is 0. The van der Waals surface area contributed by atoms with Gasteiger partial charge < -0.3 is 4.98 Å². The second kappa shape index (κ2) is 3.62. The Bertz CT molecular complexity index is 176. The van der Waals surface area contributed by atoms with Crippen molar-refractivity contribution in [1.29, 1.82) is 0 Å². The topological polar surface area (TPSA) is 12.9 Å². The number of hydrogen-bond donors (Lipinski definition) is 0. The Labute approximate surface area is 79.5 Å². The van der Waals surface area contributed by atoms with E-state index in [0.29, 0.717) is 0 Å². The maximum atomic E-state index is 4.08. The molecule has 1 aromatic rings. The van der Waals surface area contributed by atoms with E-state index in [1.54, 1.807) is 11.3 Å². The second-order valence-electron chi connectivity index (χ2n) is 3.03. The first-order valence-corrected chi connectivity index (χ1v) is 3.81. The van der Waals surface area contributed by atoms with Crippen molar-refractivity contribution < 1.29 is 20.4 Å². The zero-order chi connectivity index (χ0) is 6.91. The summed E-state index contributed by atoms with van der Waals surface area (Å²) in [5.74, 6) is 0. The van der Waals surface area contributed by atoms with Gasteiger partial charge in [0.2, 0.25) is 0 Å². The average molecular weight is 326 g/mol. The maximum Gasteiger partial charge on any atom is 0 e. The summed E-state index contributed by atoms with van der Waals surface area (Å²) in [7, 11) is 0. The van der Waals surface area contributed by atoms with E-state index in [-0.39, 0.29) is 25.8 Å². The van der Waals surface area contributed by atoms with Crippen LogP contribution in [0.2, 0.25) is 0 Å². The van der Waals surface area contributed by atoms with Crippen LogP contribution in [0.3, 0.4) is 0 Å². The van der Waals surface area contributed by atoms with Crippen molar-refractivity contribution in [2.45, 2.75) is 26.2 Å². The molecule has 0 aliphatic carbocycles. The van der Waals surface area contributed by atoms with Gasteiger partial charge in [0.15, 0.2) is 0 Å². The molecule has 57 valence electrons. The number of nitrogens with zero attached hydrogens (tertiary/aromatic N) is 1. The van der Waals surface area contributed by atoms with Gasteiger partial charge in [-0.2, -0.15) is 0 Å². The Morgan fingerprint density at radius 2 is 2.10 bits per heavy atom.